The van der Waals surface area contributed by atoms with Crippen LogP contribution in [-0.2, 0) is 3.07 Å². The molecule has 0 amide bonds. The second-order valence-corrected chi connectivity index (χ2v) is 2.12. The normalized spacial score (nSPS) is 17.9. The minimum atomic E-state index is 1.06. The molecular formula is C6H7IO. The van der Waals surface area contributed by atoms with Gasteiger partial charge in [0.25, 0.3) is 0 Å². The summed E-state index contributed by atoms with van der Waals surface area (Å²) in [7, 11) is 0. The molecule has 0 aromatic heterocycles. The molecule has 0 bridgehead atoms. The van der Waals surface area contributed by atoms with E-state index in [2.05, 4.69) is 6.08 Å². The van der Waals surface area contributed by atoms with Crippen LogP contribution in [0.15, 0.2) is 24.0 Å². The highest BCUT2D eigenvalue weighted by atomic mass is 127. The molecule has 1 rings (SSSR count). The molecule has 0 heterocycles. The van der Waals surface area contributed by atoms with Gasteiger partial charge in [-0.15, -0.1) is 0 Å². The molecule has 0 unspecified atom stereocenters. The van der Waals surface area contributed by atoms with Crippen molar-refractivity contribution in [1.82, 2.24) is 0 Å². The SMILES string of the molecule is IOC1=CC=CCC1. The van der Waals surface area contributed by atoms with Gasteiger partial charge in [0, 0.05) is 6.42 Å². The van der Waals surface area contributed by atoms with E-state index in [0.717, 1.165) is 18.6 Å². The van der Waals surface area contributed by atoms with Crippen molar-refractivity contribution in [1.29, 1.82) is 0 Å². The monoisotopic (exact) mass is 222 g/mol. The molecule has 1 aliphatic rings. The Morgan fingerprint density at radius 2 is 2.50 bits per heavy atom. The van der Waals surface area contributed by atoms with Gasteiger partial charge in [0.2, 0.25) is 0 Å². The molecule has 0 spiro atoms. The number of allylic oxidation sites excluding steroid dienone is 4. The highest BCUT2D eigenvalue weighted by molar-refractivity contribution is 14.1. The molecule has 0 radical (unpaired) electrons. The fourth-order valence-corrected chi connectivity index (χ4v) is 1.01. The zero-order valence-corrected chi connectivity index (χ0v) is 6.59. The van der Waals surface area contributed by atoms with Gasteiger partial charge in [-0.3, -0.25) is 0 Å². The maximum atomic E-state index is 4.97. The molecule has 1 aliphatic carbocycles. The molecule has 0 saturated heterocycles. The standard InChI is InChI=1S/C6H7IO/c7-8-6-4-2-1-3-5-6/h1-2,4H,3,5H2. The largest absolute Gasteiger partial charge is 0.432 e. The third kappa shape index (κ3) is 1.51. The Kier molecular flexibility index (Phi) is 2.39. The Balaban J connectivity index is 2.50. The van der Waals surface area contributed by atoms with Gasteiger partial charge in [-0.2, -0.15) is 0 Å². The number of hydrogen-bond donors (Lipinski definition) is 0. The quantitative estimate of drug-likeness (QED) is 0.619. The average molecular weight is 222 g/mol. The molecule has 0 N–H and O–H groups in total. The van der Waals surface area contributed by atoms with Crippen molar-refractivity contribution in [3.05, 3.63) is 24.0 Å². The van der Waals surface area contributed by atoms with Crippen molar-refractivity contribution >= 4 is 23.0 Å². The summed E-state index contributed by atoms with van der Waals surface area (Å²) in [5.41, 5.74) is 0. The minimum absolute atomic E-state index is 1.06. The lowest BCUT2D eigenvalue weighted by Gasteiger charge is -2.02. The minimum Gasteiger partial charge on any atom is -0.432 e. The Morgan fingerprint density at radius 1 is 1.62 bits per heavy atom. The van der Waals surface area contributed by atoms with Crippen LogP contribution in [0.1, 0.15) is 12.8 Å². The van der Waals surface area contributed by atoms with Crippen molar-refractivity contribution in [2.75, 3.05) is 0 Å². The first-order valence-electron chi connectivity index (χ1n) is 2.58. The van der Waals surface area contributed by atoms with Gasteiger partial charge in [-0.1, -0.05) is 12.2 Å². The summed E-state index contributed by atoms with van der Waals surface area (Å²) in [4.78, 5) is 0. The van der Waals surface area contributed by atoms with Crippen molar-refractivity contribution in [3.8, 4) is 0 Å². The first kappa shape index (κ1) is 6.13. The fraction of sp³-hybridized carbons (Fsp3) is 0.333. The number of rotatable bonds is 1. The second kappa shape index (κ2) is 3.12. The molecule has 0 aromatic rings. The van der Waals surface area contributed by atoms with E-state index in [0.29, 0.717) is 0 Å². The Hall–Kier alpha value is 0.0100. The molecule has 0 aliphatic heterocycles. The topological polar surface area (TPSA) is 9.23 Å². The predicted molar refractivity (Wildman–Crippen MR) is 41.6 cm³/mol. The molecule has 0 saturated carbocycles. The van der Waals surface area contributed by atoms with Gasteiger partial charge >= 0.3 is 0 Å². The van der Waals surface area contributed by atoms with Gasteiger partial charge in [0.1, 0.15) is 5.76 Å². The molecule has 0 atom stereocenters. The highest BCUT2D eigenvalue weighted by Gasteiger charge is 1.96. The van der Waals surface area contributed by atoms with E-state index >= 15 is 0 Å². The zero-order chi connectivity index (χ0) is 5.82. The molecule has 2 heteroatoms. The molecule has 1 nitrogen and oxygen atoms in total. The first-order chi connectivity index (χ1) is 3.93. The van der Waals surface area contributed by atoms with Crippen molar-refractivity contribution in [2.45, 2.75) is 12.8 Å². The molecular weight excluding hydrogens is 215 g/mol. The van der Waals surface area contributed by atoms with Crippen molar-refractivity contribution < 1.29 is 3.07 Å². The Morgan fingerprint density at radius 3 is 2.88 bits per heavy atom. The van der Waals surface area contributed by atoms with Gasteiger partial charge in [0.05, 0.1) is 0 Å². The maximum absolute atomic E-state index is 4.97. The Bertz CT molecular complexity index is 126. The summed E-state index contributed by atoms with van der Waals surface area (Å²) < 4.78 is 4.97. The molecule has 8 heavy (non-hydrogen) atoms. The summed E-state index contributed by atoms with van der Waals surface area (Å²) in [5, 5.41) is 0. The van der Waals surface area contributed by atoms with Gasteiger partial charge < -0.3 is 3.07 Å². The zero-order valence-electron chi connectivity index (χ0n) is 4.43. The fourth-order valence-electron chi connectivity index (χ4n) is 0.645. The van der Waals surface area contributed by atoms with Crippen LogP contribution in [0.3, 0.4) is 0 Å². The first-order valence-corrected chi connectivity index (χ1v) is 3.46. The van der Waals surface area contributed by atoms with Crippen LogP contribution in [0, 0.1) is 0 Å². The number of halogens is 1. The van der Waals surface area contributed by atoms with Crippen LogP contribution in [0.2, 0.25) is 0 Å². The van der Waals surface area contributed by atoms with Crippen LogP contribution in [-0.4, -0.2) is 0 Å². The van der Waals surface area contributed by atoms with Crippen molar-refractivity contribution in [3.63, 3.8) is 0 Å². The van der Waals surface area contributed by atoms with Crippen molar-refractivity contribution in [2.24, 2.45) is 0 Å². The summed E-state index contributed by atoms with van der Waals surface area (Å²) in [5.74, 6) is 1.08. The van der Waals surface area contributed by atoms with E-state index in [1.165, 1.54) is 0 Å². The van der Waals surface area contributed by atoms with E-state index in [9.17, 15) is 0 Å². The van der Waals surface area contributed by atoms with E-state index in [-0.39, 0.29) is 0 Å². The van der Waals surface area contributed by atoms with Crippen LogP contribution < -0.4 is 0 Å². The van der Waals surface area contributed by atoms with E-state index in [1.807, 2.05) is 35.2 Å². The predicted octanol–water partition coefficient (Wildman–Crippen LogP) is 2.59. The third-order valence-electron chi connectivity index (χ3n) is 1.07. The average Bonchev–Trinajstić information content (AvgIpc) is 1.90. The summed E-state index contributed by atoms with van der Waals surface area (Å²) in [6.45, 7) is 0. The highest BCUT2D eigenvalue weighted by Crippen LogP contribution is 2.14. The summed E-state index contributed by atoms with van der Waals surface area (Å²) in [6, 6.07) is 0. The van der Waals surface area contributed by atoms with E-state index < -0.39 is 0 Å². The molecule has 0 aromatic carbocycles. The van der Waals surface area contributed by atoms with Crippen LogP contribution >= 0.6 is 23.0 Å². The van der Waals surface area contributed by atoms with Gasteiger partial charge in [-0.05, 0) is 12.5 Å². The van der Waals surface area contributed by atoms with E-state index in [4.69, 9.17) is 3.07 Å². The maximum Gasteiger partial charge on any atom is 0.192 e. The van der Waals surface area contributed by atoms with Gasteiger partial charge in [0.15, 0.2) is 23.0 Å². The van der Waals surface area contributed by atoms with Gasteiger partial charge in [-0.25, -0.2) is 0 Å². The lowest BCUT2D eigenvalue weighted by atomic mass is 10.2. The lowest BCUT2D eigenvalue weighted by molar-refractivity contribution is 0.523. The molecule has 44 valence electrons. The second-order valence-electron chi connectivity index (χ2n) is 1.68. The van der Waals surface area contributed by atoms with Crippen LogP contribution in [0.4, 0.5) is 0 Å². The summed E-state index contributed by atoms with van der Waals surface area (Å²) in [6.07, 6.45) is 8.33. The van der Waals surface area contributed by atoms with Crippen LogP contribution in [0.5, 0.6) is 0 Å². The Labute approximate surface area is 63.1 Å². The molecule has 0 fully saturated rings. The lowest BCUT2D eigenvalue weighted by Crippen LogP contribution is -1.84. The summed E-state index contributed by atoms with van der Waals surface area (Å²) >= 11 is 1.90. The number of hydrogen-bond acceptors (Lipinski definition) is 1. The van der Waals surface area contributed by atoms with Crippen LogP contribution in [0.25, 0.3) is 0 Å². The third-order valence-corrected chi connectivity index (χ3v) is 1.64. The van der Waals surface area contributed by atoms with E-state index in [1.54, 1.807) is 0 Å². The smallest absolute Gasteiger partial charge is 0.192 e.